The lowest BCUT2D eigenvalue weighted by Crippen LogP contribution is -2.14. The van der Waals surface area contributed by atoms with Gasteiger partial charge in [-0.2, -0.15) is 0 Å². The molecule has 1 saturated carbocycles. The van der Waals surface area contributed by atoms with E-state index in [9.17, 15) is 0 Å². The Morgan fingerprint density at radius 2 is 1.79 bits per heavy atom. The molecule has 0 spiro atoms. The summed E-state index contributed by atoms with van der Waals surface area (Å²) >= 11 is 12.2. The quantitative estimate of drug-likeness (QED) is 0.864. The molecule has 0 amide bonds. The van der Waals surface area contributed by atoms with Gasteiger partial charge >= 0.3 is 0 Å². The van der Waals surface area contributed by atoms with Crippen LogP contribution in [0.1, 0.15) is 29.5 Å². The molecule has 1 fully saturated rings. The van der Waals surface area contributed by atoms with Crippen molar-refractivity contribution in [1.29, 1.82) is 0 Å². The van der Waals surface area contributed by atoms with Gasteiger partial charge in [0, 0.05) is 16.1 Å². The van der Waals surface area contributed by atoms with Crippen molar-refractivity contribution in [1.82, 2.24) is 0 Å². The molecule has 2 aromatic rings. The predicted molar refractivity (Wildman–Crippen MR) is 80.7 cm³/mol. The smallest absolute Gasteiger partial charge is 0.0454 e. The fraction of sp³-hybridized carbons (Fsp3) is 0.250. The van der Waals surface area contributed by atoms with Crippen LogP contribution in [0.2, 0.25) is 10.0 Å². The largest absolute Gasteiger partial charge is 0.324 e. The van der Waals surface area contributed by atoms with Gasteiger partial charge in [-0.3, -0.25) is 0 Å². The molecule has 3 atom stereocenters. The minimum atomic E-state index is -0.0450. The Kier molecular flexibility index (Phi) is 3.53. The SMILES string of the molecule is NC(c1cc(Cl)ccc1Cl)C1CC1c1ccccc1. The van der Waals surface area contributed by atoms with E-state index in [4.69, 9.17) is 28.9 Å². The summed E-state index contributed by atoms with van der Waals surface area (Å²) in [4.78, 5) is 0. The molecule has 3 heteroatoms. The lowest BCUT2D eigenvalue weighted by molar-refractivity contribution is 0.616. The van der Waals surface area contributed by atoms with Gasteiger partial charge in [-0.1, -0.05) is 53.5 Å². The van der Waals surface area contributed by atoms with Crippen LogP contribution in [0.3, 0.4) is 0 Å². The number of hydrogen-bond donors (Lipinski definition) is 1. The highest BCUT2D eigenvalue weighted by Gasteiger charge is 2.43. The summed E-state index contributed by atoms with van der Waals surface area (Å²) in [6.07, 6.45) is 1.12. The van der Waals surface area contributed by atoms with Gasteiger partial charge in [-0.15, -0.1) is 0 Å². The van der Waals surface area contributed by atoms with Gasteiger partial charge in [0.05, 0.1) is 0 Å². The van der Waals surface area contributed by atoms with Crippen LogP contribution in [0.15, 0.2) is 48.5 Å². The second-order valence-corrected chi connectivity index (χ2v) is 5.95. The number of halogens is 2. The van der Waals surface area contributed by atoms with Gasteiger partial charge in [-0.25, -0.2) is 0 Å². The van der Waals surface area contributed by atoms with Gasteiger partial charge in [0.2, 0.25) is 0 Å². The molecule has 3 unspecified atom stereocenters. The molecule has 1 aliphatic rings. The normalized spacial score (nSPS) is 23.1. The Hall–Kier alpha value is -1.02. The van der Waals surface area contributed by atoms with Crippen LogP contribution in [0.5, 0.6) is 0 Å². The first kappa shape index (κ1) is 13.0. The average molecular weight is 292 g/mol. The highest BCUT2D eigenvalue weighted by atomic mass is 35.5. The summed E-state index contributed by atoms with van der Waals surface area (Å²) in [7, 11) is 0. The van der Waals surface area contributed by atoms with E-state index in [0.717, 1.165) is 12.0 Å². The Morgan fingerprint density at radius 1 is 1.05 bits per heavy atom. The maximum absolute atomic E-state index is 6.35. The topological polar surface area (TPSA) is 26.0 Å². The van der Waals surface area contributed by atoms with E-state index in [0.29, 0.717) is 21.9 Å². The lowest BCUT2D eigenvalue weighted by atomic mass is 9.99. The standard InChI is InChI=1S/C16H15Cl2N/c17-11-6-7-15(18)14(8-11)16(19)13-9-12(13)10-4-2-1-3-5-10/h1-8,12-13,16H,9,19H2. The molecular formula is C16H15Cl2N. The number of hydrogen-bond acceptors (Lipinski definition) is 1. The van der Waals surface area contributed by atoms with Crippen molar-refractivity contribution in [3.8, 4) is 0 Å². The van der Waals surface area contributed by atoms with Gasteiger partial charge in [0.25, 0.3) is 0 Å². The van der Waals surface area contributed by atoms with E-state index in [-0.39, 0.29) is 6.04 Å². The van der Waals surface area contributed by atoms with Crippen LogP contribution < -0.4 is 5.73 Å². The third kappa shape index (κ3) is 2.64. The molecule has 98 valence electrons. The van der Waals surface area contributed by atoms with Gasteiger partial charge in [0.1, 0.15) is 0 Å². The first-order valence-corrected chi connectivity index (χ1v) is 7.18. The maximum atomic E-state index is 6.35. The van der Waals surface area contributed by atoms with E-state index >= 15 is 0 Å². The predicted octanol–water partition coefficient (Wildman–Crippen LogP) is 4.80. The van der Waals surface area contributed by atoms with Gasteiger partial charge in [-0.05, 0) is 47.6 Å². The summed E-state index contributed by atoms with van der Waals surface area (Å²) < 4.78 is 0. The van der Waals surface area contributed by atoms with Crippen LogP contribution >= 0.6 is 23.2 Å². The zero-order valence-electron chi connectivity index (χ0n) is 10.4. The van der Waals surface area contributed by atoms with Crippen molar-refractivity contribution >= 4 is 23.2 Å². The molecule has 1 aliphatic carbocycles. The van der Waals surface area contributed by atoms with Gasteiger partial charge in [0.15, 0.2) is 0 Å². The Morgan fingerprint density at radius 3 is 2.53 bits per heavy atom. The minimum absolute atomic E-state index is 0.0450. The summed E-state index contributed by atoms with van der Waals surface area (Å²) in [5, 5.41) is 1.39. The third-order valence-corrected chi connectivity index (χ3v) is 4.43. The summed E-state index contributed by atoms with van der Waals surface area (Å²) in [6, 6.07) is 16.0. The molecule has 0 aromatic heterocycles. The van der Waals surface area contributed by atoms with Gasteiger partial charge < -0.3 is 5.73 Å². The highest BCUT2D eigenvalue weighted by Crippen LogP contribution is 2.53. The van der Waals surface area contributed by atoms with Crippen molar-refractivity contribution in [2.45, 2.75) is 18.4 Å². The molecular weight excluding hydrogens is 277 g/mol. The van der Waals surface area contributed by atoms with Crippen LogP contribution in [-0.2, 0) is 0 Å². The molecule has 0 radical (unpaired) electrons. The Balaban J connectivity index is 1.80. The van der Waals surface area contributed by atoms with Crippen LogP contribution in [0.4, 0.5) is 0 Å². The molecule has 3 rings (SSSR count). The minimum Gasteiger partial charge on any atom is -0.324 e. The molecule has 19 heavy (non-hydrogen) atoms. The Labute approximate surface area is 123 Å². The first-order valence-electron chi connectivity index (χ1n) is 6.42. The summed E-state index contributed by atoms with van der Waals surface area (Å²) in [5.41, 5.74) is 8.67. The molecule has 2 N–H and O–H groups in total. The van der Waals surface area contributed by atoms with Crippen molar-refractivity contribution in [3.05, 3.63) is 69.7 Å². The summed E-state index contributed by atoms with van der Waals surface area (Å²) in [6.45, 7) is 0. The first-order chi connectivity index (χ1) is 9.16. The number of nitrogens with two attached hydrogens (primary N) is 1. The van der Waals surface area contributed by atoms with E-state index in [1.54, 1.807) is 6.07 Å². The van der Waals surface area contributed by atoms with Crippen LogP contribution in [0, 0.1) is 5.92 Å². The van der Waals surface area contributed by atoms with Crippen LogP contribution in [0.25, 0.3) is 0 Å². The maximum Gasteiger partial charge on any atom is 0.0454 e. The molecule has 0 heterocycles. The highest BCUT2D eigenvalue weighted by molar-refractivity contribution is 6.33. The number of rotatable bonds is 3. The zero-order valence-corrected chi connectivity index (χ0v) is 11.9. The van der Waals surface area contributed by atoms with Crippen molar-refractivity contribution in [2.24, 2.45) is 11.7 Å². The third-order valence-electron chi connectivity index (χ3n) is 3.85. The lowest BCUT2D eigenvalue weighted by Gasteiger charge is -2.14. The second kappa shape index (κ2) is 5.16. The van der Waals surface area contributed by atoms with E-state index in [1.165, 1.54) is 5.56 Å². The molecule has 0 aliphatic heterocycles. The van der Waals surface area contributed by atoms with E-state index in [2.05, 4.69) is 24.3 Å². The van der Waals surface area contributed by atoms with Crippen molar-refractivity contribution in [3.63, 3.8) is 0 Å². The zero-order chi connectivity index (χ0) is 13.4. The molecule has 2 aromatic carbocycles. The fourth-order valence-corrected chi connectivity index (χ4v) is 3.12. The average Bonchev–Trinajstić information content (AvgIpc) is 3.22. The summed E-state index contributed by atoms with van der Waals surface area (Å²) in [5.74, 6) is 1.00. The monoisotopic (exact) mass is 291 g/mol. The fourth-order valence-electron chi connectivity index (χ4n) is 2.70. The van der Waals surface area contributed by atoms with Crippen molar-refractivity contribution < 1.29 is 0 Å². The Bertz CT molecular complexity index is 583. The molecule has 1 nitrogen and oxygen atoms in total. The second-order valence-electron chi connectivity index (χ2n) is 5.11. The molecule has 0 saturated heterocycles. The number of benzene rings is 2. The van der Waals surface area contributed by atoms with Crippen molar-refractivity contribution in [2.75, 3.05) is 0 Å². The van der Waals surface area contributed by atoms with E-state index < -0.39 is 0 Å². The van der Waals surface area contributed by atoms with E-state index in [1.807, 2.05) is 18.2 Å². The van der Waals surface area contributed by atoms with Crippen LogP contribution in [-0.4, -0.2) is 0 Å². The molecule has 0 bridgehead atoms.